The molecular formula is C11H22N2O3. The van der Waals surface area contributed by atoms with Crippen molar-refractivity contribution in [1.29, 1.82) is 0 Å². The molecule has 2 amide bonds. The number of hydrogen-bond donors (Lipinski definition) is 2. The number of hydrogen-bond acceptors (Lipinski definition) is 3. The van der Waals surface area contributed by atoms with E-state index in [9.17, 15) is 14.7 Å². The van der Waals surface area contributed by atoms with Gasteiger partial charge in [-0.05, 0) is 27.7 Å². The van der Waals surface area contributed by atoms with Gasteiger partial charge >= 0.3 is 0 Å². The fraction of sp³-hybridized carbons (Fsp3) is 0.818. The Kier molecular flexibility index (Phi) is 5.44. The van der Waals surface area contributed by atoms with Gasteiger partial charge in [-0.3, -0.25) is 9.59 Å². The zero-order chi connectivity index (χ0) is 12.9. The number of aliphatic hydroxyl groups is 1. The van der Waals surface area contributed by atoms with Crippen molar-refractivity contribution in [1.82, 2.24) is 10.2 Å². The summed E-state index contributed by atoms with van der Waals surface area (Å²) in [5, 5.41) is 12.2. The maximum Gasteiger partial charge on any atom is 0.244 e. The molecule has 0 fully saturated rings. The third-order valence-corrected chi connectivity index (χ3v) is 2.06. The Morgan fingerprint density at radius 1 is 1.44 bits per heavy atom. The van der Waals surface area contributed by atoms with E-state index in [0.29, 0.717) is 6.54 Å². The Labute approximate surface area is 96.8 Å². The van der Waals surface area contributed by atoms with Gasteiger partial charge in [0.05, 0.1) is 5.60 Å². The number of nitrogens with one attached hydrogen (secondary N) is 1. The molecule has 0 saturated carbocycles. The minimum absolute atomic E-state index is 0.181. The SMILES string of the molecule is CCN(CC(C)(C)O)C(=O)C(C)NC(C)=O. The summed E-state index contributed by atoms with van der Waals surface area (Å²) in [5.41, 5.74) is -0.929. The van der Waals surface area contributed by atoms with E-state index in [1.54, 1.807) is 20.8 Å². The minimum Gasteiger partial charge on any atom is -0.389 e. The Morgan fingerprint density at radius 2 is 1.94 bits per heavy atom. The number of likely N-dealkylation sites (N-methyl/N-ethyl adjacent to an activating group) is 1. The molecule has 0 radical (unpaired) electrons. The van der Waals surface area contributed by atoms with Crippen molar-refractivity contribution < 1.29 is 14.7 Å². The van der Waals surface area contributed by atoms with Crippen LogP contribution in [0.25, 0.3) is 0 Å². The second-order valence-electron chi connectivity index (χ2n) is 4.59. The average molecular weight is 230 g/mol. The van der Waals surface area contributed by atoms with Crippen LogP contribution in [0, 0.1) is 0 Å². The van der Waals surface area contributed by atoms with E-state index in [2.05, 4.69) is 5.32 Å². The minimum atomic E-state index is -0.929. The van der Waals surface area contributed by atoms with Gasteiger partial charge in [0.15, 0.2) is 0 Å². The molecule has 0 aromatic rings. The molecule has 94 valence electrons. The van der Waals surface area contributed by atoms with Gasteiger partial charge in [-0.15, -0.1) is 0 Å². The zero-order valence-corrected chi connectivity index (χ0v) is 10.7. The molecule has 0 aromatic carbocycles. The predicted molar refractivity (Wildman–Crippen MR) is 61.8 cm³/mol. The van der Waals surface area contributed by atoms with Gasteiger partial charge in [0, 0.05) is 20.0 Å². The van der Waals surface area contributed by atoms with Crippen LogP contribution in [0.3, 0.4) is 0 Å². The molecule has 0 aliphatic rings. The number of nitrogens with zero attached hydrogens (tertiary/aromatic N) is 1. The second kappa shape index (κ2) is 5.84. The summed E-state index contributed by atoms with van der Waals surface area (Å²) in [6.07, 6.45) is 0. The quantitative estimate of drug-likeness (QED) is 0.705. The van der Waals surface area contributed by atoms with Gasteiger partial charge in [-0.1, -0.05) is 0 Å². The largest absolute Gasteiger partial charge is 0.389 e. The van der Waals surface area contributed by atoms with E-state index in [0.717, 1.165) is 0 Å². The number of rotatable bonds is 5. The van der Waals surface area contributed by atoms with Crippen molar-refractivity contribution in [2.75, 3.05) is 13.1 Å². The summed E-state index contributed by atoms with van der Waals surface area (Å²) in [6.45, 7) is 8.90. The van der Waals surface area contributed by atoms with Crippen LogP contribution in [0.15, 0.2) is 0 Å². The molecule has 0 aliphatic heterocycles. The van der Waals surface area contributed by atoms with Gasteiger partial charge < -0.3 is 15.3 Å². The Balaban J connectivity index is 4.47. The normalized spacial score (nSPS) is 13.1. The lowest BCUT2D eigenvalue weighted by atomic mass is 10.1. The van der Waals surface area contributed by atoms with Gasteiger partial charge in [0.2, 0.25) is 11.8 Å². The molecular weight excluding hydrogens is 208 g/mol. The highest BCUT2D eigenvalue weighted by Gasteiger charge is 2.25. The third-order valence-electron chi connectivity index (χ3n) is 2.06. The summed E-state index contributed by atoms with van der Waals surface area (Å²) in [5.74, 6) is -0.417. The van der Waals surface area contributed by atoms with Crippen LogP contribution >= 0.6 is 0 Å². The van der Waals surface area contributed by atoms with Crippen molar-refractivity contribution in [3.8, 4) is 0 Å². The predicted octanol–water partition coefficient (Wildman–Crippen LogP) is 0.130. The van der Waals surface area contributed by atoms with Crippen LogP contribution in [0.1, 0.15) is 34.6 Å². The van der Waals surface area contributed by atoms with Gasteiger partial charge in [0.1, 0.15) is 6.04 Å². The number of amides is 2. The molecule has 0 saturated heterocycles. The lowest BCUT2D eigenvalue weighted by Crippen LogP contribution is -2.50. The number of carbonyl (C=O) groups is 2. The molecule has 0 aliphatic carbocycles. The Bertz CT molecular complexity index is 258. The van der Waals surface area contributed by atoms with Crippen LogP contribution in [0.4, 0.5) is 0 Å². The highest BCUT2D eigenvalue weighted by molar-refractivity contribution is 5.86. The van der Waals surface area contributed by atoms with Crippen LogP contribution in [0.5, 0.6) is 0 Å². The molecule has 1 atom stereocenters. The molecule has 1 unspecified atom stereocenters. The van der Waals surface area contributed by atoms with Gasteiger partial charge in [-0.2, -0.15) is 0 Å². The molecule has 2 N–H and O–H groups in total. The van der Waals surface area contributed by atoms with Crippen molar-refractivity contribution in [2.45, 2.75) is 46.3 Å². The first kappa shape index (κ1) is 14.9. The monoisotopic (exact) mass is 230 g/mol. The van der Waals surface area contributed by atoms with E-state index >= 15 is 0 Å². The summed E-state index contributed by atoms with van der Waals surface area (Å²) in [6, 6.07) is -0.556. The van der Waals surface area contributed by atoms with Crippen LogP contribution < -0.4 is 5.32 Å². The van der Waals surface area contributed by atoms with E-state index in [1.807, 2.05) is 6.92 Å². The van der Waals surface area contributed by atoms with Crippen LogP contribution in [-0.4, -0.2) is 46.6 Å². The van der Waals surface area contributed by atoms with E-state index in [-0.39, 0.29) is 18.4 Å². The zero-order valence-electron chi connectivity index (χ0n) is 10.7. The van der Waals surface area contributed by atoms with E-state index < -0.39 is 11.6 Å². The lowest BCUT2D eigenvalue weighted by Gasteiger charge is -2.30. The molecule has 0 spiro atoms. The first-order valence-corrected chi connectivity index (χ1v) is 5.45. The molecule has 0 rings (SSSR count). The summed E-state index contributed by atoms with van der Waals surface area (Å²) in [4.78, 5) is 24.2. The van der Waals surface area contributed by atoms with E-state index in [4.69, 9.17) is 0 Å². The van der Waals surface area contributed by atoms with Crippen molar-refractivity contribution in [3.63, 3.8) is 0 Å². The topological polar surface area (TPSA) is 69.6 Å². The summed E-state index contributed by atoms with van der Waals surface area (Å²) < 4.78 is 0. The smallest absolute Gasteiger partial charge is 0.244 e. The van der Waals surface area contributed by atoms with Crippen LogP contribution in [0.2, 0.25) is 0 Å². The van der Waals surface area contributed by atoms with E-state index in [1.165, 1.54) is 11.8 Å². The van der Waals surface area contributed by atoms with Crippen molar-refractivity contribution >= 4 is 11.8 Å². The summed E-state index contributed by atoms with van der Waals surface area (Å²) in [7, 11) is 0. The Hall–Kier alpha value is -1.10. The van der Waals surface area contributed by atoms with Crippen molar-refractivity contribution in [3.05, 3.63) is 0 Å². The Morgan fingerprint density at radius 3 is 2.25 bits per heavy atom. The fourth-order valence-electron chi connectivity index (χ4n) is 1.45. The molecule has 0 heterocycles. The first-order valence-electron chi connectivity index (χ1n) is 5.45. The van der Waals surface area contributed by atoms with Crippen LogP contribution in [-0.2, 0) is 9.59 Å². The van der Waals surface area contributed by atoms with Gasteiger partial charge in [0.25, 0.3) is 0 Å². The molecule has 0 aromatic heterocycles. The third kappa shape index (κ3) is 5.70. The molecule has 0 bridgehead atoms. The molecule has 5 heteroatoms. The standard InChI is InChI=1S/C11H22N2O3/c1-6-13(7-11(4,5)16)10(15)8(2)12-9(3)14/h8,16H,6-7H2,1-5H3,(H,12,14). The molecule has 5 nitrogen and oxygen atoms in total. The maximum atomic E-state index is 11.9. The average Bonchev–Trinajstić information content (AvgIpc) is 2.10. The second-order valence-corrected chi connectivity index (χ2v) is 4.59. The highest BCUT2D eigenvalue weighted by Crippen LogP contribution is 2.06. The summed E-state index contributed by atoms with van der Waals surface area (Å²) >= 11 is 0. The highest BCUT2D eigenvalue weighted by atomic mass is 16.3. The first-order chi connectivity index (χ1) is 7.17. The lowest BCUT2D eigenvalue weighted by molar-refractivity contribution is -0.137. The van der Waals surface area contributed by atoms with Gasteiger partial charge in [-0.25, -0.2) is 0 Å². The molecule has 16 heavy (non-hydrogen) atoms. The maximum absolute atomic E-state index is 11.9. The fourth-order valence-corrected chi connectivity index (χ4v) is 1.45. The van der Waals surface area contributed by atoms with Crippen molar-refractivity contribution in [2.24, 2.45) is 0 Å². The number of carbonyl (C=O) groups excluding carboxylic acids is 2.